The van der Waals surface area contributed by atoms with Gasteiger partial charge < -0.3 is 14.0 Å². The van der Waals surface area contributed by atoms with E-state index in [1.807, 2.05) is 39.1 Å². The van der Waals surface area contributed by atoms with Crippen LogP contribution in [0.25, 0.3) is 0 Å². The maximum Gasteiger partial charge on any atom is 0.338 e. The number of esters is 1. The number of thiazole rings is 1. The Morgan fingerprint density at radius 1 is 1.17 bits per heavy atom. The van der Waals surface area contributed by atoms with Crippen LogP contribution < -0.4 is 4.74 Å². The summed E-state index contributed by atoms with van der Waals surface area (Å²) in [5.74, 6) is -0.224. The van der Waals surface area contributed by atoms with Gasteiger partial charge in [0.15, 0.2) is 6.61 Å². The molecule has 0 saturated carbocycles. The predicted octanol–water partition coefficient (Wildman–Crippen LogP) is 4.51. The second-order valence-corrected chi connectivity index (χ2v) is 7.76. The lowest BCUT2D eigenvalue weighted by atomic mass is 10.1. The number of benzene rings is 1. The van der Waals surface area contributed by atoms with E-state index in [9.17, 15) is 9.59 Å². The normalized spacial score (nSPS) is 10.8. The average molecular weight is 413 g/mol. The molecule has 29 heavy (non-hydrogen) atoms. The number of nitrogens with zero attached hydrogens (tertiary/aromatic N) is 2. The summed E-state index contributed by atoms with van der Waals surface area (Å²) in [6.07, 6.45) is 0. The molecular weight excluding hydrogens is 388 g/mol. The first-order valence-corrected chi connectivity index (χ1v) is 10.3. The van der Waals surface area contributed by atoms with Gasteiger partial charge in [0.2, 0.25) is 5.78 Å². The van der Waals surface area contributed by atoms with Crippen LogP contribution in [0.15, 0.2) is 35.7 Å². The minimum Gasteiger partial charge on any atom is -0.487 e. The van der Waals surface area contributed by atoms with Crippen molar-refractivity contribution in [2.24, 2.45) is 0 Å². The summed E-state index contributed by atoms with van der Waals surface area (Å²) < 4.78 is 13.0. The molecular formula is C22H24N2O4S. The molecule has 0 aliphatic heterocycles. The van der Waals surface area contributed by atoms with Crippen molar-refractivity contribution >= 4 is 23.1 Å². The second-order valence-electron chi connectivity index (χ2n) is 6.70. The van der Waals surface area contributed by atoms with Gasteiger partial charge in [-0.2, -0.15) is 0 Å². The summed E-state index contributed by atoms with van der Waals surface area (Å²) in [5.41, 5.74) is 3.67. The molecule has 2 heterocycles. The van der Waals surface area contributed by atoms with E-state index in [0.29, 0.717) is 23.5 Å². The third kappa shape index (κ3) is 4.92. The molecule has 3 rings (SSSR count). The maximum absolute atomic E-state index is 12.5. The number of ether oxygens (including phenoxy) is 2. The molecule has 0 N–H and O–H groups in total. The second kappa shape index (κ2) is 9.05. The van der Waals surface area contributed by atoms with Crippen LogP contribution in [0.5, 0.6) is 5.75 Å². The number of aromatic nitrogens is 2. The monoisotopic (exact) mass is 412 g/mol. The van der Waals surface area contributed by atoms with Gasteiger partial charge in [-0.25, -0.2) is 9.78 Å². The van der Waals surface area contributed by atoms with Crippen molar-refractivity contribution in [2.75, 3.05) is 6.61 Å². The molecule has 0 amide bonds. The Hall–Kier alpha value is -2.93. The molecule has 152 valence electrons. The van der Waals surface area contributed by atoms with Crippen LogP contribution in [-0.4, -0.2) is 27.9 Å². The molecule has 0 aliphatic rings. The van der Waals surface area contributed by atoms with Gasteiger partial charge in [-0.05, 0) is 52.0 Å². The van der Waals surface area contributed by atoms with Crippen molar-refractivity contribution in [2.45, 2.75) is 40.8 Å². The van der Waals surface area contributed by atoms with Crippen molar-refractivity contribution < 1.29 is 19.1 Å². The standard InChI is InChI=1S/C22H24N2O4S/c1-5-24-14(2)9-20(15(24)3)21(25)12-28-22(26)17-7-6-8-19(10-17)27-11-18-13-29-16(4)23-18/h6-10,13H,5,11-12H2,1-4H3. The Labute approximate surface area is 174 Å². The fourth-order valence-electron chi connectivity index (χ4n) is 3.21. The first-order chi connectivity index (χ1) is 13.9. The van der Waals surface area contributed by atoms with Crippen molar-refractivity contribution in [1.82, 2.24) is 9.55 Å². The van der Waals surface area contributed by atoms with Gasteiger partial charge in [-0.15, -0.1) is 11.3 Å². The lowest BCUT2D eigenvalue weighted by Gasteiger charge is -2.08. The molecule has 0 radical (unpaired) electrons. The third-order valence-electron chi connectivity index (χ3n) is 4.65. The summed E-state index contributed by atoms with van der Waals surface area (Å²) in [6, 6.07) is 8.56. The average Bonchev–Trinajstić information content (AvgIpc) is 3.26. The highest BCUT2D eigenvalue weighted by Gasteiger charge is 2.17. The number of rotatable bonds is 8. The van der Waals surface area contributed by atoms with E-state index in [1.165, 1.54) is 0 Å². The van der Waals surface area contributed by atoms with E-state index in [1.54, 1.807) is 35.6 Å². The van der Waals surface area contributed by atoms with Crippen LogP contribution >= 0.6 is 11.3 Å². The smallest absolute Gasteiger partial charge is 0.338 e. The summed E-state index contributed by atoms with van der Waals surface area (Å²) in [6.45, 7) is 8.64. The fraction of sp³-hybridized carbons (Fsp3) is 0.318. The zero-order chi connectivity index (χ0) is 21.0. The Morgan fingerprint density at radius 3 is 2.62 bits per heavy atom. The van der Waals surface area contributed by atoms with Crippen LogP contribution in [0.1, 0.15) is 49.7 Å². The highest BCUT2D eigenvalue weighted by atomic mass is 32.1. The molecule has 3 aromatic rings. The van der Waals surface area contributed by atoms with Gasteiger partial charge in [-0.3, -0.25) is 4.79 Å². The van der Waals surface area contributed by atoms with Crippen molar-refractivity contribution in [1.29, 1.82) is 0 Å². The topological polar surface area (TPSA) is 70.4 Å². The van der Waals surface area contributed by atoms with Gasteiger partial charge in [0, 0.05) is 28.9 Å². The molecule has 0 saturated heterocycles. The lowest BCUT2D eigenvalue weighted by Crippen LogP contribution is -2.15. The third-order valence-corrected chi connectivity index (χ3v) is 5.47. The number of carbonyl (C=O) groups excluding carboxylic acids is 2. The van der Waals surface area contributed by atoms with E-state index < -0.39 is 5.97 Å². The Kier molecular flexibility index (Phi) is 6.49. The van der Waals surface area contributed by atoms with E-state index in [2.05, 4.69) is 9.55 Å². The number of hydrogen-bond donors (Lipinski definition) is 0. The van der Waals surface area contributed by atoms with Crippen LogP contribution in [-0.2, 0) is 17.9 Å². The SMILES string of the molecule is CCn1c(C)cc(C(=O)COC(=O)c2cccc(OCc3csc(C)n3)c2)c1C. The first kappa shape index (κ1) is 20.8. The fourth-order valence-corrected chi connectivity index (χ4v) is 3.80. The van der Waals surface area contributed by atoms with Gasteiger partial charge in [0.1, 0.15) is 12.4 Å². The van der Waals surface area contributed by atoms with E-state index in [0.717, 1.165) is 28.6 Å². The van der Waals surface area contributed by atoms with Gasteiger partial charge in [-0.1, -0.05) is 6.07 Å². The molecule has 6 nitrogen and oxygen atoms in total. The maximum atomic E-state index is 12.5. The zero-order valence-corrected chi connectivity index (χ0v) is 17.8. The van der Waals surface area contributed by atoms with Gasteiger partial charge in [0.05, 0.1) is 16.3 Å². The number of ketones is 1. The number of Topliss-reactive ketones (excluding diaryl/α,β-unsaturated/α-hetero) is 1. The van der Waals surface area contributed by atoms with E-state index >= 15 is 0 Å². The highest BCUT2D eigenvalue weighted by Crippen LogP contribution is 2.18. The summed E-state index contributed by atoms with van der Waals surface area (Å²) in [7, 11) is 0. The molecule has 0 spiro atoms. The summed E-state index contributed by atoms with van der Waals surface area (Å²) in [4.78, 5) is 29.2. The Balaban J connectivity index is 1.60. The number of carbonyl (C=O) groups is 2. The van der Waals surface area contributed by atoms with Crippen LogP contribution in [0.2, 0.25) is 0 Å². The number of hydrogen-bond acceptors (Lipinski definition) is 6. The first-order valence-electron chi connectivity index (χ1n) is 9.40. The van der Waals surface area contributed by atoms with Gasteiger partial charge >= 0.3 is 5.97 Å². The van der Waals surface area contributed by atoms with Crippen molar-refractivity contribution in [3.05, 3.63) is 68.9 Å². The number of aryl methyl sites for hydroxylation is 2. The van der Waals surface area contributed by atoms with Crippen molar-refractivity contribution in [3.8, 4) is 5.75 Å². The van der Waals surface area contributed by atoms with Crippen LogP contribution in [0.3, 0.4) is 0 Å². The molecule has 1 aromatic carbocycles. The molecule has 7 heteroatoms. The highest BCUT2D eigenvalue weighted by molar-refractivity contribution is 7.09. The van der Waals surface area contributed by atoms with E-state index in [4.69, 9.17) is 9.47 Å². The molecule has 0 fully saturated rings. The molecule has 0 bridgehead atoms. The molecule has 0 atom stereocenters. The summed E-state index contributed by atoms with van der Waals surface area (Å²) >= 11 is 1.56. The minimum atomic E-state index is -0.558. The largest absolute Gasteiger partial charge is 0.487 e. The van der Waals surface area contributed by atoms with Crippen molar-refractivity contribution in [3.63, 3.8) is 0 Å². The Bertz CT molecular complexity index is 1040. The van der Waals surface area contributed by atoms with Crippen LogP contribution in [0, 0.1) is 20.8 Å². The minimum absolute atomic E-state index is 0.211. The van der Waals surface area contributed by atoms with E-state index in [-0.39, 0.29) is 12.4 Å². The lowest BCUT2D eigenvalue weighted by molar-refractivity contribution is 0.0474. The van der Waals surface area contributed by atoms with Gasteiger partial charge in [0.25, 0.3) is 0 Å². The quantitative estimate of drug-likeness (QED) is 0.402. The predicted molar refractivity (Wildman–Crippen MR) is 112 cm³/mol. The zero-order valence-electron chi connectivity index (χ0n) is 17.0. The molecule has 0 aliphatic carbocycles. The Morgan fingerprint density at radius 2 is 1.97 bits per heavy atom. The van der Waals surface area contributed by atoms with Crippen LogP contribution in [0.4, 0.5) is 0 Å². The molecule has 2 aromatic heterocycles. The molecule has 0 unspecified atom stereocenters. The summed E-state index contributed by atoms with van der Waals surface area (Å²) in [5, 5.41) is 2.92.